The van der Waals surface area contributed by atoms with E-state index in [1.807, 2.05) is 0 Å². The van der Waals surface area contributed by atoms with Crippen molar-refractivity contribution in [1.29, 1.82) is 0 Å². The van der Waals surface area contributed by atoms with E-state index in [1.165, 1.54) is 43.2 Å². The average Bonchev–Trinajstić information content (AvgIpc) is 2.91. The Bertz CT molecular complexity index is 540. The van der Waals surface area contributed by atoms with E-state index in [9.17, 15) is 0 Å². The Morgan fingerprint density at radius 1 is 0.955 bits per heavy atom. The van der Waals surface area contributed by atoms with Gasteiger partial charge in [0.25, 0.3) is 0 Å². The fourth-order valence-corrected chi connectivity index (χ4v) is 5.16. The predicted molar refractivity (Wildman–Crippen MR) is 94.0 cm³/mol. The van der Waals surface area contributed by atoms with E-state index in [1.54, 1.807) is 0 Å². The smallest absolute Gasteiger partial charge is 0.0163 e. The van der Waals surface area contributed by atoms with Gasteiger partial charge in [-0.2, -0.15) is 0 Å². The lowest BCUT2D eigenvalue weighted by Gasteiger charge is -2.34. The van der Waals surface area contributed by atoms with Crippen LogP contribution >= 0.6 is 0 Å². The summed E-state index contributed by atoms with van der Waals surface area (Å²) < 4.78 is 0. The van der Waals surface area contributed by atoms with Crippen molar-refractivity contribution in [3.63, 3.8) is 0 Å². The molecule has 0 atom stereocenters. The summed E-state index contributed by atoms with van der Waals surface area (Å²) in [6.45, 7) is 8.82. The van der Waals surface area contributed by atoms with E-state index in [-0.39, 0.29) is 16.5 Å². The van der Waals surface area contributed by atoms with Crippen LogP contribution in [0.3, 0.4) is 0 Å². The molecular formula is C20H32N2. The van der Waals surface area contributed by atoms with Crippen LogP contribution in [0.5, 0.6) is 0 Å². The molecule has 0 saturated heterocycles. The molecule has 0 radical (unpaired) electrons. The maximum Gasteiger partial charge on any atom is 0.0163 e. The first-order valence-electron chi connectivity index (χ1n) is 8.73. The molecule has 2 aliphatic carbocycles. The quantitative estimate of drug-likeness (QED) is 0.883. The van der Waals surface area contributed by atoms with E-state index in [2.05, 4.69) is 52.0 Å². The Hall–Kier alpha value is -0.860. The van der Waals surface area contributed by atoms with Gasteiger partial charge in [0, 0.05) is 11.1 Å². The highest BCUT2D eigenvalue weighted by molar-refractivity contribution is 5.36. The molecule has 3 rings (SSSR count). The summed E-state index contributed by atoms with van der Waals surface area (Å²) >= 11 is 0. The van der Waals surface area contributed by atoms with Crippen LogP contribution in [-0.4, -0.2) is 11.1 Å². The monoisotopic (exact) mass is 300 g/mol. The summed E-state index contributed by atoms with van der Waals surface area (Å²) in [6, 6.07) is 9.37. The molecule has 2 bridgehead atoms. The molecule has 0 heterocycles. The first-order valence-corrected chi connectivity index (χ1v) is 8.73. The van der Waals surface area contributed by atoms with Gasteiger partial charge in [-0.15, -0.1) is 0 Å². The molecule has 1 aromatic carbocycles. The molecule has 22 heavy (non-hydrogen) atoms. The second kappa shape index (κ2) is 4.82. The molecule has 2 aliphatic rings. The second-order valence-electron chi connectivity index (χ2n) is 9.45. The van der Waals surface area contributed by atoms with Crippen LogP contribution < -0.4 is 11.5 Å². The van der Waals surface area contributed by atoms with Crippen LogP contribution in [0, 0.1) is 0 Å². The van der Waals surface area contributed by atoms with Crippen LogP contribution in [0.25, 0.3) is 0 Å². The number of nitrogens with two attached hydrogens (primary N) is 2. The molecule has 122 valence electrons. The fourth-order valence-electron chi connectivity index (χ4n) is 5.16. The lowest BCUT2D eigenvalue weighted by atomic mass is 9.73. The second-order valence-corrected chi connectivity index (χ2v) is 9.45. The molecule has 2 saturated carbocycles. The Morgan fingerprint density at radius 2 is 1.50 bits per heavy atom. The SMILES string of the molecule is CC(C)(N)CC(C)(C)c1ccc(C23CCC(N)(CC2)C3)cc1. The van der Waals surface area contributed by atoms with Gasteiger partial charge in [0.2, 0.25) is 0 Å². The van der Waals surface area contributed by atoms with Gasteiger partial charge in [0.1, 0.15) is 0 Å². The highest BCUT2D eigenvalue weighted by Crippen LogP contribution is 2.56. The molecule has 2 nitrogen and oxygen atoms in total. The van der Waals surface area contributed by atoms with Crippen molar-refractivity contribution in [2.24, 2.45) is 11.5 Å². The zero-order chi connectivity index (χ0) is 16.2. The highest BCUT2D eigenvalue weighted by atomic mass is 14.8. The Kier molecular flexibility index (Phi) is 3.51. The summed E-state index contributed by atoms with van der Waals surface area (Å²) in [7, 11) is 0. The average molecular weight is 300 g/mol. The summed E-state index contributed by atoms with van der Waals surface area (Å²) in [5.41, 5.74) is 16.1. The van der Waals surface area contributed by atoms with Gasteiger partial charge >= 0.3 is 0 Å². The van der Waals surface area contributed by atoms with Gasteiger partial charge in [0.15, 0.2) is 0 Å². The molecule has 0 spiro atoms. The minimum absolute atomic E-state index is 0.109. The molecule has 0 aromatic heterocycles. The van der Waals surface area contributed by atoms with Crippen molar-refractivity contribution in [3.8, 4) is 0 Å². The molecule has 2 heteroatoms. The van der Waals surface area contributed by atoms with Gasteiger partial charge < -0.3 is 11.5 Å². The van der Waals surface area contributed by atoms with Crippen molar-refractivity contribution in [2.75, 3.05) is 0 Å². The van der Waals surface area contributed by atoms with Crippen LogP contribution in [0.4, 0.5) is 0 Å². The molecule has 4 N–H and O–H groups in total. The lowest BCUT2D eigenvalue weighted by Crippen LogP contribution is -2.39. The first kappa shape index (κ1) is 16.0. The van der Waals surface area contributed by atoms with E-state index in [0.29, 0.717) is 5.41 Å². The van der Waals surface area contributed by atoms with Crippen molar-refractivity contribution < 1.29 is 0 Å². The molecule has 0 amide bonds. The Balaban J connectivity index is 1.82. The number of benzene rings is 1. The predicted octanol–water partition coefficient (Wildman–Crippen LogP) is 4.00. The van der Waals surface area contributed by atoms with Gasteiger partial charge in [-0.3, -0.25) is 0 Å². The number of hydrogen-bond acceptors (Lipinski definition) is 2. The van der Waals surface area contributed by atoms with Crippen LogP contribution in [0.15, 0.2) is 24.3 Å². The van der Waals surface area contributed by atoms with Crippen LogP contribution in [0.1, 0.15) is 77.3 Å². The van der Waals surface area contributed by atoms with Crippen LogP contribution in [0.2, 0.25) is 0 Å². The molecular weight excluding hydrogens is 268 g/mol. The standard InChI is InChI=1S/C20H32N2/c1-17(2,13-18(3,4)21)15-5-7-16(8-6-15)19-9-11-20(22,14-19)12-10-19/h5-8H,9-14,21-22H2,1-4H3. The van der Waals surface area contributed by atoms with Crippen molar-refractivity contribution in [2.45, 2.75) is 88.1 Å². The zero-order valence-corrected chi connectivity index (χ0v) is 14.7. The topological polar surface area (TPSA) is 52.0 Å². The number of rotatable bonds is 4. The lowest BCUT2D eigenvalue weighted by molar-refractivity contribution is 0.350. The fraction of sp³-hybridized carbons (Fsp3) is 0.700. The van der Waals surface area contributed by atoms with Crippen molar-refractivity contribution in [1.82, 2.24) is 0 Å². The molecule has 2 fully saturated rings. The third-order valence-electron chi connectivity index (χ3n) is 6.07. The summed E-state index contributed by atoms with van der Waals surface area (Å²) in [6.07, 6.45) is 7.09. The summed E-state index contributed by atoms with van der Waals surface area (Å²) in [4.78, 5) is 0. The summed E-state index contributed by atoms with van der Waals surface area (Å²) in [5.74, 6) is 0. The van der Waals surface area contributed by atoms with E-state index in [4.69, 9.17) is 11.5 Å². The molecule has 0 unspecified atom stereocenters. The largest absolute Gasteiger partial charge is 0.326 e. The summed E-state index contributed by atoms with van der Waals surface area (Å²) in [5, 5.41) is 0. The highest BCUT2D eigenvalue weighted by Gasteiger charge is 2.52. The molecule has 1 aromatic rings. The van der Waals surface area contributed by atoms with Crippen molar-refractivity contribution in [3.05, 3.63) is 35.4 Å². The van der Waals surface area contributed by atoms with Gasteiger partial charge in [-0.1, -0.05) is 38.1 Å². The third-order valence-corrected chi connectivity index (χ3v) is 6.07. The Labute approximate surface area is 135 Å². The van der Waals surface area contributed by atoms with Crippen molar-refractivity contribution >= 4 is 0 Å². The van der Waals surface area contributed by atoms with E-state index >= 15 is 0 Å². The van der Waals surface area contributed by atoms with Gasteiger partial charge in [-0.05, 0) is 74.3 Å². The van der Waals surface area contributed by atoms with Gasteiger partial charge in [0.05, 0.1) is 0 Å². The first-order chi connectivity index (χ1) is 10.0. The number of fused-ring (bicyclic) bond motifs is 2. The minimum atomic E-state index is -0.142. The number of hydrogen-bond donors (Lipinski definition) is 2. The van der Waals surface area contributed by atoms with Crippen LogP contribution in [-0.2, 0) is 10.8 Å². The Morgan fingerprint density at radius 3 is 1.91 bits per heavy atom. The van der Waals surface area contributed by atoms with E-state index in [0.717, 1.165) is 6.42 Å². The maximum atomic E-state index is 6.48. The van der Waals surface area contributed by atoms with E-state index < -0.39 is 0 Å². The molecule has 0 aliphatic heterocycles. The third kappa shape index (κ3) is 2.83. The zero-order valence-electron chi connectivity index (χ0n) is 14.7. The van der Waals surface area contributed by atoms with Gasteiger partial charge in [-0.25, -0.2) is 0 Å². The maximum absolute atomic E-state index is 6.48. The minimum Gasteiger partial charge on any atom is -0.326 e. The normalized spacial score (nSPS) is 31.7.